The fourth-order valence-electron chi connectivity index (χ4n) is 2.09. The van der Waals surface area contributed by atoms with E-state index in [9.17, 15) is 10.0 Å². The zero-order valence-corrected chi connectivity index (χ0v) is 11.1. The Kier molecular flexibility index (Phi) is 5.18. The van der Waals surface area contributed by atoms with Crippen LogP contribution in [-0.2, 0) is 6.54 Å². The molecule has 0 aromatic heterocycles. The molecule has 4 heteroatoms. The number of hydrogen-bond acceptors (Lipinski definition) is 3. The van der Waals surface area contributed by atoms with E-state index in [0.29, 0.717) is 17.5 Å². The third-order valence-corrected chi connectivity index (χ3v) is 3.01. The monoisotopic (exact) mass is 235 g/mol. The van der Waals surface area contributed by atoms with Gasteiger partial charge in [0.1, 0.15) is 0 Å². The van der Waals surface area contributed by atoms with Crippen molar-refractivity contribution < 1.29 is 10.0 Å². The SMILES string of the molecule is CC(C)N(Cc1ccccc1B(O)O)C(C)C. The van der Waals surface area contributed by atoms with Gasteiger partial charge in [-0.2, -0.15) is 0 Å². The van der Waals surface area contributed by atoms with Gasteiger partial charge in [0.2, 0.25) is 0 Å². The Bertz CT molecular complexity index is 345. The summed E-state index contributed by atoms with van der Waals surface area (Å²) in [6.07, 6.45) is 0. The zero-order valence-electron chi connectivity index (χ0n) is 11.1. The summed E-state index contributed by atoms with van der Waals surface area (Å²) in [7, 11) is -1.40. The lowest BCUT2D eigenvalue weighted by Gasteiger charge is -2.31. The average Bonchev–Trinajstić information content (AvgIpc) is 2.25. The van der Waals surface area contributed by atoms with Gasteiger partial charge in [-0.15, -0.1) is 0 Å². The van der Waals surface area contributed by atoms with Crippen LogP contribution in [-0.4, -0.2) is 34.2 Å². The summed E-state index contributed by atoms with van der Waals surface area (Å²) < 4.78 is 0. The normalized spacial score (nSPS) is 11.6. The van der Waals surface area contributed by atoms with Crippen LogP contribution in [0.1, 0.15) is 33.3 Å². The van der Waals surface area contributed by atoms with Gasteiger partial charge in [-0.1, -0.05) is 24.3 Å². The molecular weight excluding hydrogens is 213 g/mol. The molecule has 0 aliphatic rings. The van der Waals surface area contributed by atoms with E-state index in [2.05, 4.69) is 32.6 Å². The topological polar surface area (TPSA) is 43.7 Å². The van der Waals surface area contributed by atoms with Crippen LogP contribution in [0.4, 0.5) is 0 Å². The van der Waals surface area contributed by atoms with Gasteiger partial charge in [0.25, 0.3) is 0 Å². The molecule has 0 saturated heterocycles. The molecule has 0 bridgehead atoms. The maximum absolute atomic E-state index is 9.33. The van der Waals surface area contributed by atoms with Gasteiger partial charge < -0.3 is 10.0 Å². The number of rotatable bonds is 5. The lowest BCUT2D eigenvalue weighted by molar-refractivity contribution is 0.166. The smallest absolute Gasteiger partial charge is 0.423 e. The Morgan fingerprint density at radius 1 is 1.06 bits per heavy atom. The minimum absolute atomic E-state index is 0.430. The van der Waals surface area contributed by atoms with Crippen LogP contribution in [0, 0.1) is 0 Å². The predicted octanol–water partition coefficient (Wildman–Crippen LogP) is 0.985. The Labute approximate surface area is 104 Å². The van der Waals surface area contributed by atoms with E-state index < -0.39 is 7.12 Å². The molecule has 0 aliphatic heterocycles. The molecule has 0 unspecified atom stereocenters. The van der Waals surface area contributed by atoms with Gasteiger partial charge in [0, 0.05) is 18.6 Å². The summed E-state index contributed by atoms with van der Waals surface area (Å²) in [4.78, 5) is 2.32. The highest BCUT2D eigenvalue weighted by Gasteiger charge is 2.19. The van der Waals surface area contributed by atoms with Crippen molar-refractivity contribution in [2.24, 2.45) is 0 Å². The average molecular weight is 235 g/mol. The first-order valence-electron chi connectivity index (χ1n) is 6.13. The van der Waals surface area contributed by atoms with E-state index in [0.717, 1.165) is 12.1 Å². The van der Waals surface area contributed by atoms with Gasteiger partial charge in [0.05, 0.1) is 0 Å². The van der Waals surface area contributed by atoms with Crippen molar-refractivity contribution in [3.63, 3.8) is 0 Å². The molecule has 1 aromatic carbocycles. The molecule has 0 aliphatic carbocycles. The highest BCUT2D eigenvalue weighted by molar-refractivity contribution is 6.59. The van der Waals surface area contributed by atoms with Crippen LogP contribution in [0.5, 0.6) is 0 Å². The molecule has 0 atom stereocenters. The first-order chi connectivity index (χ1) is 7.93. The van der Waals surface area contributed by atoms with E-state index in [-0.39, 0.29) is 0 Å². The standard InChI is InChI=1S/C13H22BNO2/c1-10(2)15(11(3)4)9-12-7-5-6-8-13(12)14(16)17/h5-8,10-11,16-17H,9H2,1-4H3. The van der Waals surface area contributed by atoms with E-state index in [1.165, 1.54) is 0 Å². The third-order valence-electron chi connectivity index (χ3n) is 3.01. The van der Waals surface area contributed by atoms with E-state index >= 15 is 0 Å². The first-order valence-corrected chi connectivity index (χ1v) is 6.13. The number of benzene rings is 1. The van der Waals surface area contributed by atoms with Gasteiger partial charge in [-0.25, -0.2) is 0 Å². The summed E-state index contributed by atoms with van der Waals surface area (Å²) >= 11 is 0. The molecule has 94 valence electrons. The van der Waals surface area contributed by atoms with Crippen molar-refractivity contribution in [3.05, 3.63) is 29.8 Å². The Morgan fingerprint density at radius 3 is 2.06 bits per heavy atom. The second-order valence-electron chi connectivity index (χ2n) is 4.93. The second-order valence-corrected chi connectivity index (χ2v) is 4.93. The van der Waals surface area contributed by atoms with Crippen molar-refractivity contribution in [3.8, 4) is 0 Å². The zero-order chi connectivity index (χ0) is 13.0. The number of nitrogens with zero attached hydrogens (tertiary/aromatic N) is 1. The summed E-state index contributed by atoms with van der Waals surface area (Å²) in [6, 6.07) is 8.33. The first kappa shape index (κ1) is 14.2. The molecule has 1 aromatic rings. The Hall–Kier alpha value is -0.835. The summed E-state index contributed by atoms with van der Waals surface area (Å²) in [5.41, 5.74) is 1.57. The molecule has 1 rings (SSSR count). The van der Waals surface area contributed by atoms with Crippen molar-refractivity contribution in [2.45, 2.75) is 46.3 Å². The lowest BCUT2D eigenvalue weighted by Crippen LogP contribution is -2.40. The quantitative estimate of drug-likeness (QED) is 0.748. The van der Waals surface area contributed by atoms with Crippen LogP contribution in [0.25, 0.3) is 0 Å². The largest absolute Gasteiger partial charge is 0.488 e. The molecule has 0 amide bonds. The summed E-state index contributed by atoms with van der Waals surface area (Å²) in [5.74, 6) is 0. The molecule has 0 spiro atoms. The minimum Gasteiger partial charge on any atom is -0.423 e. The molecule has 0 saturated carbocycles. The number of hydrogen-bond donors (Lipinski definition) is 2. The third kappa shape index (κ3) is 3.84. The van der Waals surface area contributed by atoms with E-state index in [4.69, 9.17) is 0 Å². The maximum Gasteiger partial charge on any atom is 0.488 e. The van der Waals surface area contributed by atoms with Crippen molar-refractivity contribution in [1.29, 1.82) is 0 Å². The van der Waals surface area contributed by atoms with Crippen molar-refractivity contribution in [2.75, 3.05) is 0 Å². The molecule has 0 radical (unpaired) electrons. The van der Waals surface area contributed by atoms with Crippen molar-refractivity contribution in [1.82, 2.24) is 4.90 Å². The molecule has 2 N–H and O–H groups in total. The van der Waals surface area contributed by atoms with E-state index in [1.54, 1.807) is 6.07 Å². The van der Waals surface area contributed by atoms with Gasteiger partial charge in [-0.3, -0.25) is 4.90 Å². The van der Waals surface area contributed by atoms with E-state index in [1.807, 2.05) is 18.2 Å². The van der Waals surface area contributed by atoms with Crippen LogP contribution >= 0.6 is 0 Å². The van der Waals surface area contributed by atoms with Crippen LogP contribution in [0.15, 0.2) is 24.3 Å². The fourth-order valence-corrected chi connectivity index (χ4v) is 2.09. The van der Waals surface area contributed by atoms with Crippen molar-refractivity contribution >= 4 is 12.6 Å². The maximum atomic E-state index is 9.33. The minimum atomic E-state index is -1.40. The highest BCUT2D eigenvalue weighted by atomic mass is 16.4. The summed E-state index contributed by atoms with van der Waals surface area (Å²) in [6.45, 7) is 9.34. The highest BCUT2D eigenvalue weighted by Crippen LogP contribution is 2.10. The van der Waals surface area contributed by atoms with Crippen LogP contribution in [0.2, 0.25) is 0 Å². The molecular formula is C13H22BNO2. The Morgan fingerprint density at radius 2 is 1.59 bits per heavy atom. The molecule has 0 heterocycles. The van der Waals surface area contributed by atoms with Gasteiger partial charge in [0.15, 0.2) is 0 Å². The van der Waals surface area contributed by atoms with Crippen LogP contribution < -0.4 is 5.46 Å². The van der Waals surface area contributed by atoms with Gasteiger partial charge >= 0.3 is 7.12 Å². The molecule has 0 fully saturated rings. The second kappa shape index (κ2) is 6.19. The summed E-state index contributed by atoms with van der Waals surface area (Å²) in [5, 5.41) is 18.7. The lowest BCUT2D eigenvalue weighted by atomic mass is 9.77. The molecule has 3 nitrogen and oxygen atoms in total. The van der Waals surface area contributed by atoms with Crippen LogP contribution in [0.3, 0.4) is 0 Å². The fraction of sp³-hybridized carbons (Fsp3) is 0.538. The molecule has 17 heavy (non-hydrogen) atoms. The Balaban J connectivity index is 2.93. The predicted molar refractivity (Wildman–Crippen MR) is 72.1 cm³/mol. The van der Waals surface area contributed by atoms with Gasteiger partial charge in [-0.05, 0) is 38.7 Å².